The molecule has 9 heterocycles. The van der Waals surface area contributed by atoms with Crippen LogP contribution < -0.4 is 0 Å². The van der Waals surface area contributed by atoms with Gasteiger partial charge in [0, 0.05) is 115 Å². The summed E-state index contributed by atoms with van der Waals surface area (Å²) < 4.78 is 37.5. The standard InChI is InChI=1S/2C46H28N2O2.C40H24N2O2/c1-2-10-29(11-3-1)30-12-8-13-31(24-30)32-14-9-15-35(25-32)46-47-40(33-20-22-38-36-16-4-6-18-42(36)49-44(38)26-33)28-41(48-46)34-21-23-39-37-17-5-7-19-43(37)50-45(39)27-34;1-2-9-29(10-3-1)30-17-19-31(20-18-30)32-11-8-12-35(25-32)46-47-40(33-21-23-38-36-13-4-6-15-42(36)49-44(38)26-33)28-41(48-46)34-22-24-39-37-14-5-7-16-43(37)50-45(39)27-34;1-2-9-25(10-3-1)26-11-8-12-29(21-26)40-41-34(27-17-19-32-30-13-4-6-15-36(30)43-38(32)22-27)24-35(42-40)28-18-20-33-31-14-5-7-16-37(31)44-39(33)23-28/h2*1-28H;1-24H. The van der Waals surface area contributed by atoms with Crippen LogP contribution in [-0.2, 0) is 0 Å². The summed E-state index contributed by atoms with van der Waals surface area (Å²) >= 11 is 0. The second-order valence-electron chi connectivity index (χ2n) is 36.2. The van der Waals surface area contributed by atoms with Crippen molar-refractivity contribution in [3.8, 4) is 157 Å². The van der Waals surface area contributed by atoms with Crippen molar-refractivity contribution in [2.45, 2.75) is 0 Å². The molecule has 0 atom stereocenters. The average molecular weight is 1850 g/mol. The molecular weight excluding hydrogens is 1770 g/mol. The van der Waals surface area contributed by atoms with E-state index in [-0.39, 0.29) is 0 Å². The molecule has 20 aromatic carbocycles. The Bertz CT molecular complexity index is 9680. The van der Waals surface area contributed by atoms with Gasteiger partial charge in [0.1, 0.15) is 67.0 Å². The highest BCUT2D eigenvalue weighted by Crippen LogP contribution is 2.44. The molecule has 29 rings (SSSR count). The second kappa shape index (κ2) is 35.5. The molecule has 9 aromatic heterocycles. The number of benzene rings is 20. The Labute approximate surface area is 825 Å². The van der Waals surface area contributed by atoms with Gasteiger partial charge in [0.15, 0.2) is 17.5 Å². The highest BCUT2D eigenvalue weighted by atomic mass is 16.3. The van der Waals surface area contributed by atoms with E-state index in [1.54, 1.807) is 0 Å². The number of fused-ring (bicyclic) bond motifs is 18. The van der Waals surface area contributed by atoms with Gasteiger partial charge in [-0.05, 0) is 207 Å². The van der Waals surface area contributed by atoms with Crippen molar-refractivity contribution in [2.75, 3.05) is 0 Å². The second-order valence-corrected chi connectivity index (χ2v) is 36.2. The van der Waals surface area contributed by atoms with E-state index in [9.17, 15) is 0 Å². The maximum Gasteiger partial charge on any atom is 0.160 e. The molecule has 0 spiro atoms. The van der Waals surface area contributed by atoms with Crippen LogP contribution in [0.5, 0.6) is 0 Å². The Morgan fingerprint density at radius 1 is 0.0972 bits per heavy atom. The van der Waals surface area contributed by atoms with E-state index in [2.05, 4.69) is 358 Å². The maximum absolute atomic E-state index is 6.27. The molecule has 0 aliphatic heterocycles. The van der Waals surface area contributed by atoms with Gasteiger partial charge in [-0.25, -0.2) is 29.9 Å². The van der Waals surface area contributed by atoms with Crippen LogP contribution in [0.1, 0.15) is 0 Å². The fraction of sp³-hybridized carbons (Fsp3) is 0. The van der Waals surface area contributed by atoms with E-state index in [4.69, 9.17) is 56.4 Å². The van der Waals surface area contributed by atoms with Crippen LogP contribution >= 0.6 is 0 Å². The van der Waals surface area contributed by atoms with Gasteiger partial charge in [0.2, 0.25) is 0 Å². The molecule has 0 bridgehead atoms. The fourth-order valence-corrected chi connectivity index (χ4v) is 20.1. The summed E-state index contributed by atoms with van der Waals surface area (Å²) in [6.45, 7) is 0. The van der Waals surface area contributed by atoms with Gasteiger partial charge in [0.05, 0.1) is 34.2 Å². The quantitative estimate of drug-likeness (QED) is 0.102. The van der Waals surface area contributed by atoms with E-state index < -0.39 is 0 Å². The maximum atomic E-state index is 6.27. The van der Waals surface area contributed by atoms with Crippen molar-refractivity contribution in [3.05, 3.63) is 485 Å². The molecule has 0 fully saturated rings. The third-order valence-electron chi connectivity index (χ3n) is 27.3. The van der Waals surface area contributed by atoms with E-state index in [0.717, 1.165) is 249 Å². The molecule has 674 valence electrons. The zero-order chi connectivity index (χ0) is 95.1. The highest BCUT2D eigenvalue weighted by Gasteiger charge is 2.23. The van der Waals surface area contributed by atoms with E-state index in [1.165, 1.54) is 22.3 Å². The number of hydrogen-bond acceptors (Lipinski definition) is 12. The Morgan fingerprint density at radius 3 is 0.479 bits per heavy atom. The first-order valence-corrected chi connectivity index (χ1v) is 48.1. The van der Waals surface area contributed by atoms with Gasteiger partial charge in [-0.15, -0.1) is 0 Å². The normalized spacial score (nSPS) is 11.6. The minimum Gasteiger partial charge on any atom is -0.456 e. The monoisotopic (exact) mass is 1840 g/mol. The van der Waals surface area contributed by atoms with Crippen LogP contribution in [0.25, 0.3) is 289 Å². The van der Waals surface area contributed by atoms with Crippen molar-refractivity contribution in [3.63, 3.8) is 0 Å². The predicted molar refractivity (Wildman–Crippen MR) is 586 cm³/mol. The van der Waals surface area contributed by atoms with Crippen molar-refractivity contribution in [2.24, 2.45) is 0 Å². The summed E-state index contributed by atoms with van der Waals surface area (Å²) in [5.74, 6) is 1.95. The van der Waals surface area contributed by atoms with Gasteiger partial charge in [-0.1, -0.05) is 334 Å². The minimum atomic E-state index is 0.646. The predicted octanol–water partition coefficient (Wildman–Crippen LogP) is 36.2. The van der Waals surface area contributed by atoms with Gasteiger partial charge in [-0.2, -0.15) is 0 Å². The summed E-state index contributed by atoms with van der Waals surface area (Å²) in [7, 11) is 0. The summed E-state index contributed by atoms with van der Waals surface area (Å²) in [6, 6.07) is 167. The Hall–Kier alpha value is -19.6. The zero-order valence-electron chi connectivity index (χ0n) is 77.3. The topological polar surface area (TPSA) is 156 Å². The summed E-state index contributed by atoms with van der Waals surface area (Å²) in [4.78, 5) is 30.9. The zero-order valence-corrected chi connectivity index (χ0v) is 77.3. The van der Waals surface area contributed by atoms with Crippen LogP contribution in [0.4, 0.5) is 0 Å². The molecular formula is C132H80N6O6. The van der Waals surface area contributed by atoms with Crippen molar-refractivity contribution in [1.29, 1.82) is 0 Å². The molecule has 29 aromatic rings. The molecule has 0 saturated heterocycles. The first kappa shape index (κ1) is 83.8. The SMILES string of the molecule is c1ccc(-c2ccc(-c3cccc(-c4nc(-c5ccc6c(c5)oc5ccccc56)cc(-c5ccc6c(c5)oc5ccccc56)n4)c3)cc2)cc1.c1ccc(-c2cccc(-c3cccc(-c4nc(-c5ccc6c(c5)oc5ccccc56)cc(-c5ccc6c(c5)oc5ccccc56)n4)c3)c2)cc1.c1ccc(-c2cccc(-c3nc(-c4ccc5c(c4)oc4ccccc45)cc(-c4ccc5c(c4)oc4ccccc45)n3)c2)cc1. The third-order valence-corrected chi connectivity index (χ3v) is 27.3. The van der Waals surface area contributed by atoms with Crippen LogP contribution in [0, 0.1) is 0 Å². The van der Waals surface area contributed by atoms with Crippen LogP contribution in [-0.4, -0.2) is 29.9 Å². The summed E-state index contributed by atoms with van der Waals surface area (Å²) in [5.41, 5.74) is 35.2. The smallest absolute Gasteiger partial charge is 0.160 e. The van der Waals surface area contributed by atoms with Crippen molar-refractivity contribution >= 4 is 132 Å². The minimum absolute atomic E-state index is 0.646. The Balaban J connectivity index is 0.000000108. The molecule has 12 nitrogen and oxygen atoms in total. The molecule has 12 heteroatoms. The third kappa shape index (κ3) is 15.8. The molecule has 0 unspecified atom stereocenters. The molecule has 0 amide bonds. The lowest BCUT2D eigenvalue weighted by molar-refractivity contribution is 0.668. The lowest BCUT2D eigenvalue weighted by Crippen LogP contribution is -1.96. The molecule has 0 saturated carbocycles. The number of furan rings is 6. The molecule has 0 radical (unpaired) electrons. The molecule has 0 aliphatic carbocycles. The van der Waals surface area contributed by atoms with Gasteiger partial charge >= 0.3 is 0 Å². The Morgan fingerprint density at radius 2 is 0.250 bits per heavy atom. The number of hydrogen-bond donors (Lipinski definition) is 0. The number of rotatable bonds is 14. The highest BCUT2D eigenvalue weighted by molar-refractivity contribution is 6.12. The van der Waals surface area contributed by atoms with Gasteiger partial charge in [-0.3, -0.25) is 0 Å². The fourth-order valence-electron chi connectivity index (χ4n) is 20.1. The van der Waals surface area contributed by atoms with E-state index >= 15 is 0 Å². The number of nitrogens with zero attached hydrogens (tertiary/aromatic N) is 6. The number of aromatic nitrogens is 6. The van der Waals surface area contributed by atoms with Crippen LogP contribution in [0.2, 0.25) is 0 Å². The largest absolute Gasteiger partial charge is 0.456 e. The van der Waals surface area contributed by atoms with Crippen LogP contribution in [0.3, 0.4) is 0 Å². The first-order chi connectivity index (χ1) is 71.2. The average Bonchev–Trinajstić information content (AvgIpc) is 1.41. The van der Waals surface area contributed by atoms with Crippen LogP contribution in [0.15, 0.2) is 512 Å². The molecule has 0 aliphatic rings. The summed E-state index contributed by atoms with van der Waals surface area (Å²) in [5, 5.41) is 13.1. The first-order valence-electron chi connectivity index (χ1n) is 48.1. The van der Waals surface area contributed by atoms with Crippen molar-refractivity contribution < 1.29 is 26.5 Å². The van der Waals surface area contributed by atoms with E-state index in [1.807, 2.05) is 127 Å². The molecule has 0 N–H and O–H groups in total. The van der Waals surface area contributed by atoms with Crippen molar-refractivity contribution in [1.82, 2.24) is 29.9 Å². The Kier molecular flexibility index (Phi) is 20.6. The van der Waals surface area contributed by atoms with Gasteiger partial charge in [0.25, 0.3) is 0 Å². The lowest BCUT2D eigenvalue weighted by Gasteiger charge is -2.11. The summed E-state index contributed by atoms with van der Waals surface area (Å²) in [6.07, 6.45) is 0. The van der Waals surface area contributed by atoms with E-state index in [0.29, 0.717) is 17.5 Å². The number of para-hydroxylation sites is 6. The lowest BCUT2D eigenvalue weighted by atomic mass is 9.98. The van der Waals surface area contributed by atoms with Gasteiger partial charge < -0.3 is 26.5 Å². The molecule has 144 heavy (non-hydrogen) atoms.